The summed E-state index contributed by atoms with van der Waals surface area (Å²) in [6.07, 6.45) is 5.18. The van der Waals surface area contributed by atoms with Crippen LogP contribution in [0.3, 0.4) is 0 Å². The fourth-order valence-electron chi connectivity index (χ4n) is 5.65. The minimum Gasteiger partial charge on any atom is -0.476 e. The largest absolute Gasteiger partial charge is 0.476 e. The van der Waals surface area contributed by atoms with E-state index in [0.717, 1.165) is 31.7 Å². The van der Waals surface area contributed by atoms with Crippen molar-refractivity contribution in [3.63, 3.8) is 0 Å². The molecule has 0 aliphatic heterocycles. The van der Waals surface area contributed by atoms with Gasteiger partial charge < -0.3 is 10.1 Å². The van der Waals surface area contributed by atoms with Gasteiger partial charge in [-0.3, -0.25) is 4.79 Å². The number of halogens is 2. The van der Waals surface area contributed by atoms with Crippen LogP contribution in [-0.4, -0.2) is 17.6 Å². The first-order valence-corrected chi connectivity index (χ1v) is 9.96. The molecule has 0 aromatic heterocycles. The molecule has 6 heteroatoms. The van der Waals surface area contributed by atoms with Crippen molar-refractivity contribution in [1.29, 1.82) is 5.26 Å². The van der Waals surface area contributed by atoms with E-state index in [1.165, 1.54) is 18.6 Å². The average molecular weight is 391 g/mol. The monoisotopic (exact) mass is 390 g/mol. The number of carbonyl (C=O) groups excluding carboxylic acids is 1. The molecule has 3 unspecified atom stereocenters. The van der Waals surface area contributed by atoms with E-state index in [2.05, 4.69) is 11.4 Å². The average Bonchev–Trinajstić information content (AvgIpc) is 2.59. The lowest BCUT2D eigenvalue weighted by Gasteiger charge is -2.58. The fourth-order valence-corrected chi connectivity index (χ4v) is 5.86. The Morgan fingerprint density at radius 2 is 2.00 bits per heavy atom. The molecule has 0 heterocycles. The van der Waals surface area contributed by atoms with Crippen molar-refractivity contribution in [2.24, 2.45) is 23.2 Å². The maximum Gasteiger partial charge on any atom is 0.263 e. The van der Waals surface area contributed by atoms with Crippen molar-refractivity contribution in [2.75, 3.05) is 0 Å². The summed E-state index contributed by atoms with van der Waals surface area (Å²) in [6, 6.07) is 6.26. The van der Waals surface area contributed by atoms with Crippen molar-refractivity contribution in [3.05, 3.63) is 29.0 Å². The van der Waals surface area contributed by atoms with E-state index >= 15 is 0 Å². The predicted octanol–water partition coefficient (Wildman–Crippen LogP) is 4.47. The number of amides is 1. The molecule has 0 spiro atoms. The van der Waals surface area contributed by atoms with Crippen LogP contribution in [-0.2, 0) is 4.79 Å². The highest BCUT2D eigenvalue weighted by Gasteiger charge is 2.58. The maximum absolute atomic E-state index is 13.2. The van der Waals surface area contributed by atoms with Crippen LogP contribution < -0.4 is 10.1 Å². The summed E-state index contributed by atoms with van der Waals surface area (Å²) in [6.45, 7) is 3.33. The quantitative estimate of drug-likeness (QED) is 0.824. The summed E-state index contributed by atoms with van der Waals surface area (Å²) >= 11 is 6.04. The molecule has 144 valence electrons. The molecule has 1 amide bonds. The number of benzene rings is 1. The van der Waals surface area contributed by atoms with Gasteiger partial charge >= 0.3 is 0 Å². The van der Waals surface area contributed by atoms with Crippen LogP contribution >= 0.6 is 11.6 Å². The van der Waals surface area contributed by atoms with E-state index in [-0.39, 0.29) is 22.7 Å². The zero-order chi connectivity index (χ0) is 19.4. The summed E-state index contributed by atoms with van der Waals surface area (Å²) in [7, 11) is 0. The van der Waals surface area contributed by atoms with E-state index in [9.17, 15) is 14.4 Å². The molecular formula is C21H24ClFN2O2. The van der Waals surface area contributed by atoms with Gasteiger partial charge in [-0.2, -0.15) is 5.26 Å². The highest BCUT2D eigenvalue weighted by molar-refractivity contribution is 6.32. The van der Waals surface area contributed by atoms with Gasteiger partial charge in [0.15, 0.2) is 5.60 Å². The minimum atomic E-state index is -1.19. The molecule has 4 nitrogen and oxygen atoms in total. The summed E-state index contributed by atoms with van der Waals surface area (Å²) < 4.78 is 19.1. The Morgan fingerprint density at radius 3 is 2.59 bits per heavy atom. The molecule has 4 bridgehead atoms. The van der Waals surface area contributed by atoms with Crippen LogP contribution in [0.15, 0.2) is 18.2 Å². The number of rotatable bonds is 4. The molecule has 1 N–H and O–H groups in total. The molecule has 1 aromatic carbocycles. The van der Waals surface area contributed by atoms with Gasteiger partial charge in [0.05, 0.1) is 22.5 Å². The first kappa shape index (κ1) is 18.6. The Balaban J connectivity index is 1.51. The molecule has 5 rings (SSSR count). The molecule has 27 heavy (non-hydrogen) atoms. The van der Waals surface area contributed by atoms with Crippen molar-refractivity contribution >= 4 is 17.5 Å². The van der Waals surface area contributed by atoms with Crippen LogP contribution in [0.25, 0.3) is 0 Å². The third kappa shape index (κ3) is 3.18. The van der Waals surface area contributed by atoms with E-state index in [4.69, 9.17) is 16.3 Å². The standard InChI is InChI=1S/C21H24ClFN2O2/c1-20(2,27-17-4-3-15(23)8-16(17)22)19(26)25-18-14-6-12-5-13(7-14)10-21(18,9-12)11-24/h3-4,8,12-14,18H,5-7,9-10H2,1-2H3,(H,25,26)/t12-,13?,14?,18-,21?/m0/s1. The van der Waals surface area contributed by atoms with Crippen molar-refractivity contribution in [1.82, 2.24) is 5.32 Å². The SMILES string of the molecule is CC(C)(Oc1ccc(F)cc1Cl)C(=O)N[C@H]1C2CC3C[C@@H](C2)CC1(C#N)C3. The van der Waals surface area contributed by atoms with Crippen LogP contribution in [0.1, 0.15) is 46.0 Å². The highest BCUT2D eigenvalue weighted by Crippen LogP contribution is 2.59. The molecule has 1 aromatic rings. The van der Waals surface area contributed by atoms with Gasteiger partial charge in [-0.05, 0) is 81.9 Å². The number of hydrogen-bond acceptors (Lipinski definition) is 3. The van der Waals surface area contributed by atoms with E-state index in [0.29, 0.717) is 17.8 Å². The lowest BCUT2D eigenvalue weighted by molar-refractivity contribution is -0.140. The summed E-state index contributed by atoms with van der Waals surface area (Å²) in [5.74, 6) is 1.15. The molecule has 0 saturated heterocycles. The number of nitriles is 1. The Hall–Kier alpha value is -1.80. The van der Waals surface area contributed by atoms with E-state index < -0.39 is 16.8 Å². The summed E-state index contributed by atoms with van der Waals surface area (Å²) in [4.78, 5) is 13.0. The van der Waals surface area contributed by atoms with Crippen molar-refractivity contribution in [2.45, 2.75) is 57.6 Å². The number of carbonyl (C=O) groups is 1. The third-order valence-corrected chi connectivity index (χ3v) is 6.92. The minimum absolute atomic E-state index is 0.124. The summed E-state index contributed by atoms with van der Waals surface area (Å²) in [5.41, 5.74) is -1.64. The van der Waals surface area contributed by atoms with Gasteiger partial charge in [0, 0.05) is 0 Å². The first-order valence-electron chi connectivity index (χ1n) is 9.59. The predicted molar refractivity (Wildman–Crippen MR) is 99.6 cm³/mol. The fraction of sp³-hybridized carbons (Fsp3) is 0.619. The second-order valence-corrected chi connectivity index (χ2v) is 9.42. The molecule has 0 radical (unpaired) electrons. The molecule has 5 atom stereocenters. The van der Waals surface area contributed by atoms with Gasteiger partial charge in [-0.15, -0.1) is 0 Å². The van der Waals surface area contributed by atoms with Crippen molar-refractivity contribution < 1.29 is 13.9 Å². The van der Waals surface area contributed by atoms with Crippen LogP contribution in [0.2, 0.25) is 5.02 Å². The smallest absolute Gasteiger partial charge is 0.263 e. The Bertz CT molecular complexity index is 805. The second kappa shape index (κ2) is 6.38. The van der Waals surface area contributed by atoms with Crippen LogP contribution in [0, 0.1) is 40.3 Å². The second-order valence-electron chi connectivity index (χ2n) is 9.01. The normalized spacial score (nSPS) is 34.2. The topological polar surface area (TPSA) is 62.1 Å². The van der Waals surface area contributed by atoms with Crippen molar-refractivity contribution in [3.8, 4) is 11.8 Å². The molecule has 4 fully saturated rings. The molecule has 4 saturated carbocycles. The van der Waals surface area contributed by atoms with Crippen LogP contribution in [0.5, 0.6) is 5.75 Å². The van der Waals surface area contributed by atoms with Gasteiger partial charge in [0.25, 0.3) is 5.91 Å². The highest BCUT2D eigenvalue weighted by atomic mass is 35.5. The Labute approximate surface area is 164 Å². The van der Waals surface area contributed by atoms with Crippen LogP contribution in [0.4, 0.5) is 4.39 Å². The third-order valence-electron chi connectivity index (χ3n) is 6.63. The van der Waals surface area contributed by atoms with E-state index in [1.54, 1.807) is 13.8 Å². The number of nitrogens with zero attached hydrogens (tertiary/aromatic N) is 1. The molecular weight excluding hydrogens is 367 g/mol. The molecule has 4 aliphatic rings. The first-order chi connectivity index (χ1) is 12.7. The van der Waals surface area contributed by atoms with Gasteiger partial charge in [0.1, 0.15) is 11.6 Å². The lowest BCUT2D eigenvalue weighted by atomic mass is 9.47. The Morgan fingerprint density at radius 1 is 1.33 bits per heavy atom. The molecule has 4 aliphatic carbocycles. The maximum atomic E-state index is 13.2. The van der Waals surface area contributed by atoms with Gasteiger partial charge in [-0.1, -0.05) is 11.6 Å². The number of hydrogen-bond donors (Lipinski definition) is 1. The van der Waals surface area contributed by atoms with E-state index in [1.807, 2.05) is 0 Å². The Kier molecular flexibility index (Phi) is 4.38. The van der Waals surface area contributed by atoms with Gasteiger partial charge in [-0.25, -0.2) is 4.39 Å². The number of ether oxygens (including phenoxy) is 1. The lowest BCUT2D eigenvalue weighted by Crippen LogP contribution is -2.64. The number of nitrogens with one attached hydrogen (secondary N) is 1. The summed E-state index contributed by atoms with van der Waals surface area (Å²) in [5, 5.41) is 13.2. The van der Waals surface area contributed by atoms with Gasteiger partial charge in [0.2, 0.25) is 0 Å². The zero-order valence-electron chi connectivity index (χ0n) is 15.6. The zero-order valence-corrected chi connectivity index (χ0v) is 16.4.